The van der Waals surface area contributed by atoms with Gasteiger partial charge in [0.25, 0.3) is 0 Å². The number of aryl methyl sites for hydroxylation is 1. The highest BCUT2D eigenvalue weighted by atomic mass is 16.5. The lowest BCUT2D eigenvalue weighted by Gasteiger charge is -2.25. The van der Waals surface area contributed by atoms with Crippen molar-refractivity contribution in [1.82, 2.24) is 0 Å². The fourth-order valence-corrected chi connectivity index (χ4v) is 4.55. The molecule has 5 nitrogen and oxygen atoms in total. The number of benzene rings is 1. The third-order valence-corrected chi connectivity index (χ3v) is 6.61. The first kappa shape index (κ1) is 25.3. The van der Waals surface area contributed by atoms with E-state index in [-0.39, 0.29) is 23.6 Å². The van der Waals surface area contributed by atoms with Gasteiger partial charge in [-0.15, -0.1) is 0 Å². The third kappa shape index (κ3) is 7.29. The molecule has 2 rings (SSSR count). The molecule has 1 aliphatic rings. The number of aliphatic hydroxyl groups is 2. The van der Waals surface area contributed by atoms with E-state index in [1.165, 1.54) is 12.7 Å². The molecule has 0 heterocycles. The number of unbranched alkanes of at least 4 members (excludes halogenated alkanes) is 1. The lowest BCUT2D eigenvalue weighted by atomic mass is 9.84. The van der Waals surface area contributed by atoms with Crippen molar-refractivity contribution in [2.45, 2.75) is 77.4 Å². The Morgan fingerprint density at radius 2 is 1.90 bits per heavy atom. The summed E-state index contributed by atoms with van der Waals surface area (Å²) < 4.78 is 4.63. The van der Waals surface area contributed by atoms with Crippen LogP contribution in [0.15, 0.2) is 42.5 Å². The van der Waals surface area contributed by atoms with E-state index in [9.17, 15) is 19.8 Å². The van der Waals surface area contributed by atoms with Crippen LogP contribution in [-0.4, -0.2) is 41.3 Å². The van der Waals surface area contributed by atoms with Gasteiger partial charge in [-0.05, 0) is 56.4 Å². The fourth-order valence-electron chi connectivity index (χ4n) is 4.55. The topological polar surface area (TPSA) is 83.8 Å². The van der Waals surface area contributed by atoms with Crippen molar-refractivity contribution in [1.29, 1.82) is 0 Å². The molecule has 0 amide bonds. The molecule has 1 aliphatic carbocycles. The van der Waals surface area contributed by atoms with Gasteiger partial charge in [0.05, 0.1) is 19.3 Å². The Hall–Kier alpha value is -1.98. The van der Waals surface area contributed by atoms with Crippen molar-refractivity contribution >= 4 is 11.8 Å². The molecule has 172 valence electrons. The molecule has 0 spiro atoms. The number of allylic oxidation sites excluding steroid dienone is 2. The van der Waals surface area contributed by atoms with Gasteiger partial charge >= 0.3 is 5.97 Å². The van der Waals surface area contributed by atoms with Crippen molar-refractivity contribution in [3.63, 3.8) is 0 Å². The van der Waals surface area contributed by atoms with Gasteiger partial charge < -0.3 is 14.9 Å². The SMILES string of the molecule is COC(=O)CCC/C=C/CC1C(=O)C(C)(C)C(O)C1CCC(O)CCc1ccccc1. The number of ketones is 1. The van der Waals surface area contributed by atoms with Crippen LogP contribution in [0.3, 0.4) is 0 Å². The van der Waals surface area contributed by atoms with E-state index >= 15 is 0 Å². The number of Topliss-reactive ketones (excluding diaryl/α,β-unsaturated/α-hetero) is 1. The largest absolute Gasteiger partial charge is 0.469 e. The Balaban J connectivity index is 1.86. The van der Waals surface area contributed by atoms with Crippen LogP contribution in [0.4, 0.5) is 0 Å². The van der Waals surface area contributed by atoms with Gasteiger partial charge in [0.2, 0.25) is 0 Å². The number of rotatable bonds is 12. The quantitative estimate of drug-likeness (QED) is 0.294. The van der Waals surface area contributed by atoms with Gasteiger partial charge in [-0.3, -0.25) is 9.59 Å². The number of hydrogen-bond donors (Lipinski definition) is 2. The average molecular weight is 431 g/mol. The van der Waals surface area contributed by atoms with E-state index in [2.05, 4.69) is 16.9 Å². The first-order chi connectivity index (χ1) is 14.8. The van der Waals surface area contributed by atoms with Gasteiger partial charge in [-0.25, -0.2) is 0 Å². The predicted molar refractivity (Wildman–Crippen MR) is 121 cm³/mol. The summed E-state index contributed by atoms with van der Waals surface area (Å²) in [5, 5.41) is 21.3. The van der Waals surface area contributed by atoms with Gasteiger partial charge in [0.1, 0.15) is 5.78 Å². The Labute approximate surface area is 186 Å². The van der Waals surface area contributed by atoms with Gasteiger partial charge in [0.15, 0.2) is 0 Å². The Bertz CT molecular complexity index is 725. The predicted octanol–water partition coefficient (Wildman–Crippen LogP) is 4.25. The van der Waals surface area contributed by atoms with E-state index in [0.29, 0.717) is 38.5 Å². The minimum atomic E-state index is -0.761. The molecule has 0 saturated heterocycles. The lowest BCUT2D eigenvalue weighted by molar-refractivity contribution is -0.140. The van der Waals surface area contributed by atoms with Crippen molar-refractivity contribution < 1.29 is 24.5 Å². The molecule has 0 radical (unpaired) electrons. The van der Waals surface area contributed by atoms with Crippen LogP contribution in [0.2, 0.25) is 0 Å². The highest BCUT2D eigenvalue weighted by Crippen LogP contribution is 2.46. The van der Waals surface area contributed by atoms with Crippen molar-refractivity contribution in [2.24, 2.45) is 17.3 Å². The number of methoxy groups -OCH3 is 1. The van der Waals surface area contributed by atoms with E-state index in [1.54, 1.807) is 0 Å². The minimum Gasteiger partial charge on any atom is -0.469 e. The number of esters is 1. The number of carbonyl (C=O) groups excluding carboxylic acids is 2. The molecule has 1 aromatic carbocycles. The van der Waals surface area contributed by atoms with Gasteiger partial charge in [-0.2, -0.15) is 0 Å². The molecule has 0 bridgehead atoms. The standard InChI is InChI=1S/C26H38O5/c1-26(2)24(29)21(13-9-4-5-10-14-23(28)31-3)22(25(26)30)18-17-20(27)16-15-19-11-7-6-8-12-19/h4,6-9,11-12,20-22,25,27,30H,5,10,13-18H2,1-3H3/b9-4+. The molecular weight excluding hydrogens is 392 g/mol. The van der Waals surface area contributed by atoms with Crippen LogP contribution >= 0.6 is 0 Å². The van der Waals surface area contributed by atoms with E-state index in [0.717, 1.165) is 12.8 Å². The van der Waals surface area contributed by atoms with Crippen LogP contribution in [0.5, 0.6) is 0 Å². The summed E-state index contributed by atoms with van der Waals surface area (Å²) in [6, 6.07) is 10.1. The average Bonchev–Trinajstić information content (AvgIpc) is 2.93. The lowest BCUT2D eigenvalue weighted by Crippen LogP contribution is -2.32. The summed E-state index contributed by atoms with van der Waals surface area (Å²) in [5.74, 6) is -0.491. The monoisotopic (exact) mass is 430 g/mol. The van der Waals surface area contributed by atoms with Crippen LogP contribution in [0.25, 0.3) is 0 Å². The zero-order chi connectivity index (χ0) is 22.9. The normalized spacial score (nSPS) is 23.9. The maximum atomic E-state index is 12.9. The van der Waals surface area contributed by atoms with Crippen LogP contribution < -0.4 is 0 Å². The van der Waals surface area contributed by atoms with Gasteiger partial charge in [0, 0.05) is 17.8 Å². The Morgan fingerprint density at radius 1 is 1.19 bits per heavy atom. The van der Waals surface area contributed by atoms with E-state index in [1.807, 2.05) is 44.2 Å². The molecule has 0 aliphatic heterocycles. The summed E-state index contributed by atoms with van der Waals surface area (Å²) in [7, 11) is 1.38. The molecule has 5 heteroatoms. The summed E-state index contributed by atoms with van der Waals surface area (Å²) in [6.45, 7) is 3.64. The van der Waals surface area contributed by atoms with Gasteiger partial charge in [-0.1, -0.05) is 56.3 Å². The minimum absolute atomic E-state index is 0.1000. The van der Waals surface area contributed by atoms with Crippen molar-refractivity contribution in [3.05, 3.63) is 48.0 Å². The zero-order valence-corrected chi connectivity index (χ0v) is 19.1. The highest BCUT2D eigenvalue weighted by molar-refractivity contribution is 5.90. The second-order valence-corrected chi connectivity index (χ2v) is 9.23. The number of aliphatic hydroxyl groups excluding tert-OH is 2. The summed E-state index contributed by atoms with van der Waals surface area (Å²) in [4.78, 5) is 24.1. The molecule has 0 aromatic heterocycles. The van der Waals surface area contributed by atoms with Crippen LogP contribution in [-0.2, 0) is 20.7 Å². The first-order valence-electron chi connectivity index (χ1n) is 11.4. The summed E-state index contributed by atoms with van der Waals surface area (Å²) in [5.41, 5.74) is 0.442. The number of ether oxygens (including phenoxy) is 1. The fraction of sp³-hybridized carbons (Fsp3) is 0.615. The molecule has 2 N–H and O–H groups in total. The van der Waals surface area contributed by atoms with E-state index < -0.39 is 17.6 Å². The maximum Gasteiger partial charge on any atom is 0.305 e. The molecule has 4 unspecified atom stereocenters. The van der Waals surface area contributed by atoms with E-state index in [4.69, 9.17) is 0 Å². The maximum absolute atomic E-state index is 12.9. The number of carbonyl (C=O) groups is 2. The van der Waals surface area contributed by atoms with Crippen molar-refractivity contribution in [2.75, 3.05) is 7.11 Å². The zero-order valence-electron chi connectivity index (χ0n) is 19.1. The number of hydrogen-bond acceptors (Lipinski definition) is 5. The Morgan fingerprint density at radius 3 is 2.58 bits per heavy atom. The van der Waals surface area contributed by atoms with Crippen LogP contribution in [0, 0.1) is 17.3 Å². The highest BCUT2D eigenvalue weighted by Gasteiger charge is 2.53. The molecule has 31 heavy (non-hydrogen) atoms. The second-order valence-electron chi connectivity index (χ2n) is 9.23. The van der Waals surface area contributed by atoms with Crippen LogP contribution in [0.1, 0.15) is 64.4 Å². The molecule has 1 aromatic rings. The summed E-state index contributed by atoms with van der Waals surface area (Å²) in [6.07, 6.45) is 8.00. The molecule has 1 fully saturated rings. The molecule has 1 saturated carbocycles. The summed E-state index contributed by atoms with van der Waals surface area (Å²) >= 11 is 0. The molecule has 4 atom stereocenters. The second kappa shape index (κ2) is 12.2. The van der Waals surface area contributed by atoms with Crippen molar-refractivity contribution in [3.8, 4) is 0 Å². The molecular formula is C26H38O5. The third-order valence-electron chi connectivity index (χ3n) is 6.61. The smallest absolute Gasteiger partial charge is 0.305 e. The first-order valence-corrected chi connectivity index (χ1v) is 11.4. The Kier molecular flexibility index (Phi) is 9.92.